The van der Waals surface area contributed by atoms with Crippen LogP contribution in [0.4, 0.5) is 5.69 Å². The first-order valence-electron chi connectivity index (χ1n) is 9.40. The van der Waals surface area contributed by atoms with Gasteiger partial charge in [-0.05, 0) is 59.1 Å². The van der Waals surface area contributed by atoms with Crippen molar-refractivity contribution in [2.75, 3.05) is 13.2 Å². The highest BCUT2D eigenvalue weighted by Crippen LogP contribution is 2.38. The largest absolute Gasteiger partial charge is 0.490 e. The number of nitro benzene ring substituents is 1. The second-order valence-corrected chi connectivity index (χ2v) is 7.63. The second-order valence-electron chi connectivity index (χ2n) is 6.37. The van der Waals surface area contributed by atoms with Crippen molar-refractivity contribution in [3.05, 3.63) is 66.8 Å². The Morgan fingerprint density at radius 1 is 1.26 bits per heavy atom. The third-order valence-corrected chi connectivity index (χ3v) is 5.02. The molecule has 0 unspecified atom stereocenters. The standard InChI is InChI=1S/C21H18BrClN2O6/c1-3-7-30-19-15(22)8-12(10-18(19)29-4-2)9-17-21(26)31-20(24-17)14-11-13(25(27)28)5-6-16(14)23/h5-6,8-11H,3-4,7H2,1-2H3/b17-9-. The highest BCUT2D eigenvalue weighted by atomic mass is 79.9. The van der Waals surface area contributed by atoms with Gasteiger partial charge in [0.25, 0.3) is 5.69 Å². The van der Waals surface area contributed by atoms with Crippen LogP contribution in [0.25, 0.3) is 6.08 Å². The Balaban J connectivity index is 1.99. The van der Waals surface area contributed by atoms with E-state index in [9.17, 15) is 14.9 Å². The number of ether oxygens (including phenoxy) is 3. The molecule has 162 valence electrons. The van der Waals surface area contributed by atoms with E-state index < -0.39 is 10.9 Å². The number of benzene rings is 2. The van der Waals surface area contributed by atoms with Gasteiger partial charge in [-0.1, -0.05) is 18.5 Å². The number of rotatable bonds is 8. The summed E-state index contributed by atoms with van der Waals surface area (Å²) in [5, 5.41) is 11.2. The monoisotopic (exact) mass is 508 g/mol. The van der Waals surface area contributed by atoms with Crippen molar-refractivity contribution in [3.63, 3.8) is 0 Å². The minimum atomic E-state index is -0.696. The molecule has 0 fully saturated rings. The molecule has 2 aromatic rings. The van der Waals surface area contributed by atoms with Crippen LogP contribution in [0.15, 0.2) is 45.5 Å². The summed E-state index contributed by atoms with van der Waals surface area (Å²) in [7, 11) is 0. The van der Waals surface area contributed by atoms with Gasteiger partial charge in [-0.2, -0.15) is 0 Å². The van der Waals surface area contributed by atoms with Crippen molar-refractivity contribution in [2.24, 2.45) is 4.99 Å². The van der Waals surface area contributed by atoms with Crippen LogP contribution in [0.5, 0.6) is 11.5 Å². The molecule has 0 atom stereocenters. The number of halogens is 2. The fourth-order valence-corrected chi connectivity index (χ4v) is 3.52. The van der Waals surface area contributed by atoms with Gasteiger partial charge in [-0.3, -0.25) is 10.1 Å². The number of aliphatic imine (C=N–C) groups is 1. The average Bonchev–Trinajstić information content (AvgIpc) is 3.08. The smallest absolute Gasteiger partial charge is 0.363 e. The second kappa shape index (κ2) is 9.93. The average molecular weight is 510 g/mol. The minimum absolute atomic E-state index is 0.0224. The zero-order chi connectivity index (χ0) is 22.5. The molecule has 8 nitrogen and oxygen atoms in total. The van der Waals surface area contributed by atoms with Crippen molar-refractivity contribution >= 4 is 51.2 Å². The summed E-state index contributed by atoms with van der Waals surface area (Å²) in [4.78, 5) is 27.0. The van der Waals surface area contributed by atoms with Crippen LogP contribution in [0.1, 0.15) is 31.4 Å². The van der Waals surface area contributed by atoms with E-state index in [2.05, 4.69) is 20.9 Å². The molecule has 0 aliphatic carbocycles. The van der Waals surface area contributed by atoms with E-state index >= 15 is 0 Å². The molecular formula is C21H18BrClN2O6. The summed E-state index contributed by atoms with van der Waals surface area (Å²) >= 11 is 9.60. The first-order valence-corrected chi connectivity index (χ1v) is 10.6. The number of nitrogens with zero attached hydrogens (tertiary/aromatic N) is 2. The third-order valence-electron chi connectivity index (χ3n) is 4.10. The summed E-state index contributed by atoms with van der Waals surface area (Å²) in [5.74, 6) is 0.303. The van der Waals surface area contributed by atoms with Crippen LogP contribution in [-0.2, 0) is 9.53 Å². The Labute approximate surface area is 191 Å². The Morgan fingerprint density at radius 3 is 2.71 bits per heavy atom. The van der Waals surface area contributed by atoms with Crippen molar-refractivity contribution in [1.82, 2.24) is 0 Å². The van der Waals surface area contributed by atoms with Crippen LogP contribution in [0.3, 0.4) is 0 Å². The van der Waals surface area contributed by atoms with E-state index in [-0.39, 0.29) is 27.9 Å². The first kappa shape index (κ1) is 22.8. The van der Waals surface area contributed by atoms with Crippen LogP contribution in [0, 0.1) is 10.1 Å². The minimum Gasteiger partial charge on any atom is -0.490 e. The van der Waals surface area contributed by atoms with E-state index in [1.165, 1.54) is 24.3 Å². The molecule has 3 rings (SSSR count). The van der Waals surface area contributed by atoms with Gasteiger partial charge in [0.05, 0.1) is 33.2 Å². The van der Waals surface area contributed by atoms with Gasteiger partial charge in [0.2, 0.25) is 5.90 Å². The lowest BCUT2D eigenvalue weighted by molar-refractivity contribution is -0.384. The van der Waals surface area contributed by atoms with E-state index in [1.54, 1.807) is 12.1 Å². The van der Waals surface area contributed by atoms with Gasteiger partial charge in [-0.25, -0.2) is 9.79 Å². The van der Waals surface area contributed by atoms with Crippen LogP contribution < -0.4 is 9.47 Å². The van der Waals surface area contributed by atoms with E-state index in [0.717, 1.165) is 6.42 Å². The number of cyclic esters (lactones) is 1. The van der Waals surface area contributed by atoms with Gasteiger partial charge in [0, 0.05) is 12.1 Å². The van der Waals surface area contributed by atoms with Crippen molar-refractivity contribution in [3.8, 4) is 11.5 Å². The lowest BCUT2D eigenvalue weighted by atomic mass is 10.1. The fourth-order valence-electron chi connectivity index (χ4n) is 2.75. The molecule has 0 bridgehead atoms. The highest BCUT2D eigenvalue weighted by Gasteiger charge is 2.27. The number of non-ortho nitro benzene ring substituents is 1. The van der Waals surface area contributed by atoms with Crippen LogP contribution in [-0.4, -0.2) is 30.0 Å². The van der Waals surface area contributed by atoms with Crippen molar-refractivity contribution < 1.29 is 23.9 Å². The van der Waals surface area contributed by atoms with Gasteiger partial charge in [0.15, 0.2) is 17.2 Å². The first-order chi connectivity index (χ1) is 14.8. The Bertz CT molecular complexity index is 1100. The van der Waals surface area contributed by atoms with Crippen LogP contribution >= 0.6 is 27.5 Å². The Morgan fingerprint density at radius 2 is 2.03 bits per heavy atom. The number of esters is 1. The predicted molar refractivity (Wildman–Crippen MR) is 120 cm³/mol. The predicted octanol–water partition coefficient (Wildman–Crippen LogP) is 5.54. The molecule has 31 heavy (non-hydrogen) atoms. The van der Waals surface area contributed by atoms with Crippen molar-refractivity contribution in [1.29, 1.82) is 0 Å². The maximum absolute atomic E-state index is 12.3. The molecule has 0 saturated carbocycles. The number of carbonyl (C=O) groups excluding carboxylic acids is 1. The molecule has 1 aliphatic heterocycles. The number of carbonyl (C=O) groups is 1. The van der Waals surface area contributed by atoms with Gasteiger partial charge < -0.3 is 14.2 Å². The highest BCUT2D eigenvalue weighted by molar-refractivity contribution is 9.10. The molecule has 2 aromatic carbocycles. The zero-order valence-electron chi connectivity index (χ0n) is 16.7. The van der Waals surface area contributed by atoms with E-state index in [1.807, 2.05) is 13.8 Å². The van der Waals surface area contributed by atoms with Crippen molar-refractivity contribution in [2.45, 2.75) is 20.3 Å². The lowest BCUT2D eigenvalue weighted by Crippen LogP contribution is -2.06. The Hall–Kier alpha value is -2.91. The summed E-state index contributed by atoms with van der Waals surface area (Å²) in [6.07, 6.45) is 2.37. The zero-order valence-corrected chi connectivity index (χ0v) is 19.0. The normalized spacial score (nSPS) is 14.4. The molecule has 10 heteroatoms. The SMILES string of the molecule is CCCOc1c(Br)cc(/C=C2\N=C(c3cc([N+](=O)[O-])ccc3Cl)OC2=O)cc1OCC. The van der Waals surface area contributed by atoms with E-state index in [4.69, 9.17) is 25.8 Å². The molecular weight excluding hydrogens is 492 g/mol. The Kier molecular flexibility index (Phi) is 7.29. The third kappa shape index (κ3) is 5.23. The summed E-state index contributed by atoms with van der Waals surface area (Å²) in [6, 6.07) is 7.32. The lowest BCUT2D eigenvalue weighted by Gasteiger charge is -2.14. The topological polar surface area (TPSA) is 100 Å². The summed E-state index contributed by atoms with van der Waals surface area (Å²) in [5.41, 5.74) is 0.617. The van der Waals surface area contributed by atoms with Gasteiger partial charge >= 0.3 is 5.97 Å². The number of nitro groups is 1. The molecule has 1 aliphatic rings. The molecule has 0 spiro atoms. The number of hydrogen-bond donors (Lipinski definition) is 0. The fraction of sp³-hybridized carbons (Fsp3) is 0.238. The molecule has 0 radical (unpaired) electrons. The summed E-state index contributed by atoms with van der Waals surface area (Å²) < 4.78 is 17.3. The number of hydrogen-bond acceptors (Lipinski definition) is 7. The summed E-state index contributed by atoms with van der Waals surface area (Å²) in [6.45, 7) is 4.83. The van der Waals surface area contributed by atoms with E-state index in [0.29, 0.717) is 34.7 Å². The molecule has 0 aromatic heterocycles. The van der Waals surface area contributed by atoms with Gasteiger partial charge in [0.1, 0.15) is 0 Å². The maximum atomic E-state index is 12.3. The van der Waals surface area contributed by atoms with Gasteiger partial charge in [-0.15, -0.1) is 0 Å². The quantitative estimate of drug-likeness (QED) is 0.200. The molecule has 1 heterocycles. The van der Waals surface area contributed by atoms with Crippen LogP contribution in [0.2, 0.25) is 5.02 Å². The molecule has 0 amide bonds. The molecule has 0 N–H and O–H groups in total. The molecule has 0 saturated heterocycles. The maximum Gasteiger partial charge on any atom is 0.363 e.